The second kappa shape index (κ2) is 6.41. The first-order valence-corrected chi connectivity index (χ1v) is 7.61. The lowest BCUT2D eigenvalue weighted by Gasteiger charge is -2.27. The Kier molecular flexibility index (Phi) is 4.36. The Hall–Kier alpha value is -1.66. The molecule has 3 heterocycles. The Bertz CT molecular complexity index is 544. The highest BCUT2D eigenvalue weighted by Crippen LogP contribution is 2.25. The monoisotopic (exact) mass is 289 g/mol. The Labute approximate surface area is 125 Å². The van der Waals surface area contributed by atoms with E-state index in [0.717, 1.165) is 31.1 Å². The highest BCUT2D eigenvalue weighted by atomic mass is 16.3. The smallest absolute Gasteiger partial charge is 0.122 e. The van der Waals surface area contributed by atoms with E-state index in [4.69, 9.17) is 4.42 Å². The van der Waals surface area contributed by atoms with Gasteiger partial charge in [-0.15, -0.1) is 5.10 Å². The fraction of sp³-hybridized carbons (Fsp3) is 0.600. The van der Waals surface area contributed by atoms with Crippen molar-refractivity contribution in [3.8, 4) is 0 Å². The number of aryl methyl sites for hydroxylation is 1. The van der Waals surface area contributed by atoms with Crippen molar-refractivity contribution in [3.05, 3.63) is 36.0 Å². The van der Waals surface area contributed by atoms with E-state index in [9.17, 15) is 0 Å². The van der Waals surface area contributed by atoms with Gasteiger partial charge in [0.15, 0.2) is 0 Å². The van der Waals surface area contributed by atoms with Gasteiger partial charge in [-0.2, -0.15) is 0 Å². The maximum absolute atomic E-state index is 5.64. The summed E-state index contributed by atoms with van der Waals surface area (Å²) in [6.45, 7) is 5.30. The van der Waals surface area contributed by atoms with Crippen molar-refractivity contribution in [1.82, 2.24) is 25.2 Å². The number of rotatable bonds is 6. The zero-order valence-corrected chi connectivity index (χ0v) is 12.7. The molecule has 0 aliphatic carbocycles. The molecule has 1 fully saturated rings. The zero-order valence-electron chi connectivity index (χ0n) is 12.7. The summed E-state index contributed by atoms with van der Waals surface area (Å²) in [6.07, 6.45) is 6.12. The summed E-state index contributed by atoms with van der Waals surface area (Å²) < 4.78 is 7.46. The maximum Gasteiger partial charge on any atom is 0.122 e. The van der Waals surface area contributed by atoms with Gasteiger partial charge >= 0.3 is 0 Å². The van der Waals surface area contributed by atoms with Crippen LogP contribution in [0.4, 0.5) is 0 Å². The van der Waals surface area contributed by atoms with Crippen molar-refractivity contribution in [3.63, 3.8) is 0 Å². The minimum atomic E-state index is 0.213. The average Bonchev–Trinajstić information content (AvgIpc) is 3.21. The Balaban J connectivity index is 1.66. The van der Waals surface area contributed by atoms with Gasteiger partial charge < -0.3 is 9.73 Å². The van der Waals surface area contributed by atoms with E-state index in [-0.39, 0.29) is 6.04 Å². The first kappa shape index (κ1) is 14.3. The van der Waals surface area contributed by atoms with Crippen molar-refractivity contribution < 1.29 is 4.42 Å². The lowest BCUT2D eigenvalue weighted by Crippen LogP contribution is -2.35. The van der Waals surface area contributed by atoms with Crippen molar-refractivity contribution in [2.75, 3.05) is 19.6 Å². The summed E-state index contributed by atoms with van der Waals surface area (Å²) in [5.74, 6) is 1.04. The molecule has 1 saturated heterocycles. The van der Waals surface area contributed by atoms with E-state index >= 15 is 0 Å². The topological polar surface area (TPSA) is 59.1 Å². The van der Waals surface area contributed by atoms with Crippen molar-refractivity contribution >= 4 is 0 Å². The van der Waals surface area contributed by atoms with Gasteiger partial charge in [0.1, 0.15) is 5.76 Å². The van der Waals surface area contributed by atoms with Gasteiger partial charge in [-0.3, -0.25) is 9.58 Å². The lowest BCUT2D eigenvalue weighted by molar-refractivity contribution is 0.205. The van der Waals surface area contributed by atoms with Crippen LogP contribution in [0.1, 0.15) is 43.3 Å². The van der Waals surface area contributed by atoms with Crippen LogP contribution in [0.5, 0.6) is 0 Å². The van der Waals surface area contributed by atoms with Crippen molar-refractivity contribution in [1.29, 1.82) is 0 Å². The third-order valence-electron chi connectivity index (χ3n) is 4.26. The molecule has 0 spiro atoms. The molecule has 114 valence electrons. The molecule has 6 heteroatoms. The molecule has 0 saturated carbocycles. The van der Waals surface area contributed by atoms with Crippen LogP contribution < -0.4 is 5.32 Å². The number of furan rings is 1. The molecular weight excluding hydrogens is 266 g/mol. The van der Waals surface area contributed by atoms with E-state index in [1.165, 1.54) is 12.8 Å². The van der Waals surface area contributed by atoms with Crippen LogP contribution in [-0.4, -0.2) is 39.5 Å². The van der Waals surface area contributed by atoms with E-state index < -0.39 is 0 Å². The zero-order chi connectivity index (χ0) is 14.7. The van der Waals surface area contributed by atoms with Crippen LogP contribution >= 0.6 is 0 Å². The van der Waals surface area contributed by atoms with E-state index in [0.29, 0.717) is 6.04 Å². The maximum atomic E-state index is 5.64. The number of nitrogens with one attached hydrogen (secondary N) is 1. The molecule has 1 aliphatic rings. The molecule has 0 radical (unpaired) electrons. The molecule has 0 aromatic carbocycles. The summed E-state index contributed by atoms with van der Waals surface area (Å²) in [5.41, 5.74) is 1.09. The predicted octanol–water partition coefficient (Wildman–Crippen LogP) is 1.90. The van der Waals surface area contributed by atoms with E-state index in [1.807, 2.05) is 24.0 Å². The molecule has 2 aromatic rings. The van der Waals surface area contributed by atoms with Crippen LogP contribution in [-0.2, 0) is 7.05 Å². The molecule has 6 nitrogen and oxygen atoms in total. The molecule has 0 unspecified atom stereocenters. The second-order valence-electron chi connectivity index (χ2n) is 5.69. The molecular formula is C15H23N5O. The van der Waals surface area contributed by atoms with Gasteiger partial charge in [-0.25, -0.2) is 0 Å². The lowest BCUT2D eigenvalue weighted by atomic mass is 10.1. The molecule has 1 N–H and O–H groups in total. The minimum Gasteiger partial charge on any atom is -0.468 e. The fourth-order valence-electron chi connectivity index (χ4n) is 3.03. The molecule has 3 rings (SSSR count). The van der Waals surface area contributed by atoms with Crippen LogP contribution in [0.15, 0.2) is 29.0 Å². The molecule has 1 aliphatic heterocycles. The standard InChI is InChI=1S/C15H23N5O/c1-12(13-11-17-18-19(13)2)16-10-14(15-6-5-9-21-15)20-7-3-4-8-20/h5-6,9,11-12,14,16H,3-4,7-8,10H2,1-2H3/t12-,14-/m0/s1. The second-order valence-corrected chi connectivity index (χ2v) is 5.69. The first-order chi connectivity index (χ1) is 10.3. The van der Waals surface area contributed by atoms with Crippen LogP contribution in [0.3, 0.4) is 0 Å². The third-order valence-corrected chi connectivity index (χ3v) is 4.26. The summed E-state index contributed by atoms with van der Waals surface area (Å²) in [6, 6.07) is 4.55. The fourth-order valence-corrected chi connectivity index (χ4v) is 3.03. The Morgan fingerprint density at radius 2 is 2.19 bits per heavy atom. The highest BCUT2D eigenvalue weighted by molar-refractivity contribution is 5.07. The van der Waals surface area contributed by atoms with Gasteiger partial charge in [0.25, 0.3) is 0 Å². The number of likely N-dealkylation sites (tertiary alicyclic amines) is 1. The highest BCUT2D eigenvalue weighted by Gasteiger charge is 2.26. The van der Waals surface area contributed by atoms with E-state index in [2.05, 4.69) is 33.5 Å². The summed E-state index contributed by atoms with van der Waals surface area (Å²) in [5, 5.41) is 11.5. The summed E-state index contributed by atoms with van der Waals surface area (Å²) in [7, 11) is 1.92. The summed E-state index contributed by atoms with van der Waals surface area (Å²) >= 11 is 0. The van der Waals surface area contributed by atoms with Gasteiger partial charge in [0.2, 0.25) is 0 Å². The van der Waals surface area contributed by atoms with Gasteiger partial charge in [0.05, 0.1) is 24.2 Å². The predicted molar refractivity (Wildman–Crippen MR) is 79.7 cm³/mol. The molecule has 21 heavy (non-hydrogen) atoms. The van der Waals surface area contributed by atoms with Crippen LogP contribution in [0, 0.1) is 0 Å². The number of aromatic nitrogens is 3. The quantitative estimate of drug-likeness (QED) is 0.880. The number of hydrogen-bond acceptors (Lipinski definition) is 5. The molecule has 2 aromatic heterocycles. The van der Waals surface area contributed by atoms with Crippen molar-refractivity contribution in [2.45, 2.75) is 31.8 Å². The SMILES string of the molecule is C[C@H](NC[C@@H](c1ccco1)N1CCCC1)c1cnnn1C. The van der Waals surface area contributed by atoms with Gasteiger partial charge in [-0.05, 0) is 45.0 Å². The normalized spacial score (nSPS) is 19.0. The van der Waals surface area contributed by atoms with Gasteiger partial charge in [0, 0.05) is 19.6 Å². The molecule has 2 atom stereocenters. The van der Waals surface area contributed by atoms with Crippen LogP contribution in [0.25, 0.3) is 0 Å². The Morgan fingerprint density at radius 1 is 1.38 bits per heavy atom. The molecule has 0 amide bonds. The number of hydrogen-bond donors (Lipinski definition) is 1. The minimum absolute atomic E-state index is 0.213. The third kappa shape index (κ3) is 3.16. The van der Waals surface area contributed by atoms with Crippen molar-refractivity contribution in [2.24, 2.45) is 7.05 Å². The molecule has 0 bridgehead atoms. The first-order valence-electron chi connectivity index (χ1n) is 7.61. The Morgan fingerprint density at radius 3 is 2.81 bits per heavy atom. The van der Waals surface area contributed by atoms with E-state index in [1.54, 1.807) is 6.26 Å². The average molecular weight is 289 g/mol. The van der Waals surface area contributed by atoms with Crippen LogP contribution in [0.2, 0.25) is 0 Å². The summed E-state index contributed by atoms with van der Waals surface area (Å²) in [4.78, 5) is 2.50. The van der Waals surface area contributed by atoms with Gasteiger partial charge in [-0.1, -0.05) is 5.21 Å². The number of nitrogens with zero attached hydrogens (tertiary/aromatic N) is 4. The largest absolute Gasteiger partial charge is 0.468 e.